The molecule has 0 fully saturated rings. The summed E-state index contributed by atoms with van der Waals surface area (Å²) in [4.78, 5) is 0. The van der Waals surface area contributed by atoms with Crippen LogP contribution in [0.15, 0.2) is 13.2 Å². The Morgan fingerprint density at radius 2 is 0.600 bits per heavy atom. The molecule has 0 nitrogen and oxygen atoms in total. The van der Waals surface area contributed by atoms with Gasteiger partial charge in [0.2, 0.25) is 0 Å². The summed E-state index contributed by atoms with van der Waals surface area (Å²) in [6.07, 6.45) is 0. The largest absolute Gasteiger partial charge is 3.00 e. The second-order valence-electron chi connectivity index (χ2n) is 0. The average molecular weight is 887 g/mol. The van der Waals surface area contributed by atoms with Crippen molar-refractivity contribution in [2.24, 2.45) is 0 Å². The molecule has 1 radical (unpaired) electrons. The zero-order valence-electron chi connectivity index (χ0n) is 4.73. The fourth-order valence-corrected chi connectivity index (χ4v) is 0. The van der Waals surface area contributed by atoms with E-state index in [2.05, 4.69) is 26.3 Å². The maximum absolute atomic E-state index is 4.25. The summed E-state index contributed by atoms with van der Waals surface area (Å²) in [5.74, 6) is 0. The van der Waals surface area contributed by atoms with Crippen molar-refractivity contribution in [1.82, 2.24) is 0 Å². The molecule has 0 N–H and O–H groups in total. The van der Waals surface area contributed by atoms with Gasteiger partial charge in [-0.2, -0.15) is 0 Å². The summed E-state index contributed by atoms with van der Waals surface area (Å²) >= 11 is 0. The fraction of sp³-hybridized carbons (Fsp3) is 0. The molecule has 0 aliphatic carbocycles. The molecular weight excluding hydrogens is 881 g/mol. The van der Waals surface area contributed by atoms with Gasteiger partial charge in [-0.3, -0.25) is 13.2 Å². The van der Waals surface area contributed by atoms with Crippen LogP contribution < -0.4 is 95.9 Å². The summed E-state index contributed by atoms with van der Waals surface area (Å²) < 4.78 is 0. The van der Waals surface area contributed by atoms with E-state index in [-0.39, 0.29) is 192 Å². The second kappa shape index (κ2) is 87.3. The van der Waals surface area contributed by atoms with Crippen molar-refractivity contribution in [3.8, 4) is 0 Å². The van der Waals surface area contributed by atoms with Crippen molar-refractivity contribution in [3.63, 3.8) is 0 Å². The Hall–Kier alpha value is 5.50. The van der Waals surface area contributed by atoms with Crippen LogP contribution in [-0.4, -0.2) is 0 Å². The van der Waals surface area contributed by atoms with Crippen LogP contribution in [0, 0.1) is 109 Å². The molecule has 71 valence electrons. The Kier molecular flexibility index (Phi) is 506. The summed E-state index contributed by atoms with van der Waals surface area (Å²) in [5.41, 5.74) is 0. The maximum atomic E-state index is 4.25. The topological polar surface area (TPSA) is 0 Å². The van der Waals surface area contributed by atoms with Gasteiger partial charge in [-0.15, -0.1) is 0 Å². The first-order valence-corrected chi connectivity index (χ1v) is 0.816. The number of hydrogen-bond acceptors (Lipinski definition) is 0. The SMILES string of the molecule is [CH-]=C.[CH-]=C.[Eu+3].[I-].[I-].[I-].[I-].[Yb+3]. The Morgan fingerprint density at radius 3 is 0.600 bits per heavy atom. The van der Waals surface area contributed by atoms with Gasteiger partial charge in [0, 0.05) is 0 Å². The van der Waals surface area contributed by atoms with E-state index in [1.807, 2.05) is 0 Å². The minimum atomic E-state index is 0. The zero-order valence-corrected chi connectivity index (χ0v) is 17.5. The fourth-order valence-electron chi connectivity index (χ4n) is 0. The molecule has 0 saturated carbocycles. The Morgan fingerprint density at radius 1 is 0.600 bits per heavy atom. The molecule has 0 aromatic heterocycles. The average Bonchev–Trinajstić information content (AvgIpc) is 1.50. The van der Waals surface area contributed by atoms with E-state index in [0.29, 0.717) is 0 Å². The van der Waals surface area contributed by atoms with Crippen molar-refractivity contribution in [1.29, 1.82) is 0 Å². The zero-order chi connectivity index (χ0) is 4.00. The van der Waals surface area contributed by atoms with Gasteiger partial charge in [-0.25, -0.2) is 0 Å². The van der Waals surface area contributed by atoms with E-state index >= 15 is 0 Å². The van der Waals surface area contributed by atoms with Gasteiger partial charge in [0.1, 0.15) is 0 Å². The molecule has 0 bridgehead atoms. The third-order valence-electron chi connectivity index (χ3n) is 0. The molecule has 0 aliphatic rings. The Balaban J connectivity index is -0.000000000833. The van der Waals surface area contributed by atoms with Crippen LogP contribution in [-0.2, 0) is 0 Å². The van der Waals surface area contributed by atoms with E-state index in [9.17, 15) is 0 Å². The molecule has 6 heteroatoms. The van der Waals surface area contributed by atoms with Crippen LogP contribution >= 0.6 is 0 Å². The number of halogens is 4. The number of hydrogen-bond donors (Lipinski definition) is 0. The summed E-state index contributed by atoms with van der Waals surface area (Å²) in [5, 5.41) is 0. The smallest absolute Gasteiger partial charge is 1.00 e. The molecule has 0 unspecified atom stereocenters. The Bertz CT molecular complexity index is 19.2. The number of rotatable bonds is 0. The molecule has 0 atom stereocenters. The second-order valence-corrected chi connectivity index (χ2v) is 0. The molecule has 0 aromatic rings. The molecule has 0 heterocycles. The maximum Gasteiger partial charge on any atom is 3.00 e. The molecule has 0 aromatic carbocycles. The molecule has 0 aliphatic heterocycles. The van der Waals surface area contributed by atoms with E-state index in [0.717, 1.165) is 0 Å². The van der Waals surface area contributed by atoms with E-state index < -0.39 is 0 Å². The van der Waals surface area contributed by atoms with Gasteiger partial charge < -0.3 is 109 Å². The van der Waals surface area contributed by atoms with Gasteiger partial charge in [-0.05, 0) is 0 Å². The Labute approximate surface area is 212 Å². The quantitative estimate of drug-likeness (QED) is 0.168. The van der Waals surface area contributed by atoms with E-state index in [4.69, 9.17) is 0 Å². The van der Waals surface area contributed by atoms with Crippen LogP contribution in [0.4, 0.5) is 0 Å². The van der Waals surface area contributed by atoms with Crippen molar-refractivity contribution in [2.75, 3.05) is 0 Å². The van der Waals surface area contributed by atoms with Crippen LogP contribution in [0.5, 0.6) is 0 Å². The van der Waals surface area contributed by atoms with Crippen molar-refractivity contribution in [2.45, 2.75) is 0 Å². The first kappa shape index (κ1) is 57.9. The molecule has 0 spiro atoms. The van der Waals surface area contributed by atoms with Crippen LogP contribution in [0.2, 0.25) is 0 Å². The van der Waals surface area contributed by atoms with Gasteiger partial charge in [0.05, 0.1) is 0 Å². The van der Waals surface area contributed by atoms with Gasteiger partial charge >= 0.3 is 96.3 Å². The third-order valence-corrected chi connectivity index (χ3v) is 0. The van der Waals surface area contributed by atoms with Gasteiger partial charge in [-0.1, -0.05) is 0 Å². The summed E-state index contributed by atoms with van der Waals surface area (Å²) in [6, 6.07) is 0. The van der Waals surface area contributed by atoms with Gasteiger partial charge in [0.25, 0.3) is 0 Å². The first-order valence-electron chi connectivity index (χ1n) is 0.816. The van der Waals surface area contributed by atoms with Crippen LogP contribution in [0.1, 0.15) is 0 Å². The summed E-state index contributed by atoms with van der Waals surface area (Å²) in [6.45, 7) is 14.0. The predicted octanol–water partition coefficient (Wildman–Crippen LogP) is -10.8. The molecule has 0 rings (SSSR count). The molecular formula is C4H6EuI4Yb. The van der Waals surface area contributed by atoms with Crippen molar-refractivity contribution in [3.05, 3.63) is 26.3 Å². The van der Waals surface area contributed by atoms with Crippen LogP contribution in [0.3, 0.4) is 0 Å². The normalized spacial score (nSPS) is 0.800. The molecule has 0 amide bonds. The van der Waals surface area contributed by atoms with Crippen LogP contribution in [0.25, 0.3) is 0 Å². The minimum Gasteiger partial charge on any atom is -1.00 e. The van der Waals surface area contributed by atoms with Crippen molar-refractivity contribution >= 4 is 0 Å². The van der Waals surface area contributed by atoms with Crippen molar-refractivity contribution < 1.29 is 192 Å². The standard InChI is InChI=1S/2C2H3.Eu.4HI.Yb/c2*1-2;;;;;;/h2*1H,2H2;;4*1H;/q2*-1;+3;;;;;+3/p-4. The van der Waals surface area contributed by atoms with E-state index in [1.165, 1.54) is 0 Å². The predicted molar refractivity (Wildman–Crippen MR) is 19.9 cm³/mol. The first-order chi connectivity index (χ1) is 2.00. The third kappa shape index (κ3) is 69.7. The van der Waals surface area contributed by atoms with E-state index in [1.54, 1.807) is 0 Å². The minimum absolute atomic E-state index is 0. The molecule has 10 heavy (non-hydrogen) atoms. The molecule has 0 saturated heterocycles. The summed E-state index contributed by atoms with van der Waals surface area (Å²) in [7, 11) is 0. The van der Waals surface area contributed by atoms with Gasteiger partial charge in [0.15, 0.2) is 0 Å². The monoisotopic (exact) mass is 889 g/mol.